The van der Waals surface area contributed by atoms with E-state index in [1.165, 1.54) is 0 Å². The topological polar surface area (TPSA) is 65.4 Å². The Morgan fingerprint density at radius 3 is 2.65 bits per heavy atom. The van der Waals surface area contributed by atoms with Crippen molar-refractivity contribution in [1.82, 2.24) is 14.9 Å². The maximum atomic E-state index is 12.0. The number of para-hydroxylation sites is 4. The molecule has 0 aliphatic carbocycles. The predicted molar refractivity (Wildman–Crippen MR) is 101 cm³/mol. The normalized spacial score (nSPS) is 10.7. The molecule has 26 heavy (non-hydrogen) atoms. The Hall–Kier alpha value is -3.02. The maximum Gasteiger partial charge on any atom is 0.257 e. The zero-order valence-electron chi connectivity index (χ0n) is 15.1. The summed E-state index contributed by atoms with van der Waals surface area (Å²) in [5, 5.41) is 2.88. The van der Waals surface area contributed by atoms with Crippen LogP contribution < -0.4 is 14.8 Å². The first-order valence-electron chi connectivity index (χ1n) is 8.63. The molecule has 3 aromatic rings. The number of nitrogens with zero attached hydrogens (tertiary/aromatic N) is 2. The minimum Gasteiger partial charge on any atom is -0.493 e. The summed E-state index contributed by atoms with van der Waals surface area (Å²) >= 11 is 0. The van der Waals surface area contributed by atoms with Crippen LogP contribution in [0.25, 0.3) is 11.0 Å². The highest BCUT2D eigenvalue weighted by Crippen LogP contribution is 2.25. The molecule has 3 rings (SSSR count). The fourth-order valence-corrected chi connectivity index (χ4v) is 2.88. The van der Waals surface area contributed by atoms with Gasteiger partial charge in [0, 0.05) is 13.1 Å². The van der Waals surface area contributed by atoms with Gasteiger partial charge >= 0.3 is 0 Å². The molecule has 0 radical (unpaired) electrons. The molecule has 0 spiro atoms. The van der Waals surface area contributed by atoms with Gasteiger partial charge in [-0.2, -0.15) is 0 Å². The first-order valence-corrected chi connectivity index (χ1v) is 8.63. The number of benzene rings is 2. The second-order valence-corrected chi connectivity index (χ2v) is 5.94. The number of rotatable bonds is 8. The lowest BCUT2D eigenvalue weighted by atomic mass is 10.3. The first kappa shape index (κ1) is 17.8. The van der Waals surface area contributed by atoms with Crippen LogP contribution in [0.3, 0.4) is 0 Å². The van der Waals surface area contributed by atoms with E-state index in [0.717, 1.165) is 29.8 Å². The van der Waals surface area contributed by atoms with Crippen molar-refractivity contribution in [3.8, 4) is 11.5 Å². The number of imidazole rings is 1. The number of hydrogen-bond donors (Lipinski definition) is 1. The van der Waals surface area contributed by atoms with Crippen molar-refractivity contribution >= 4 is 16.9 Å². The fraction of sp³-hybridized carbons (Fsp3) is 0.300. The summed E-state index contributed by atoms with van der Waals surface area (Å²) in [4.78, 5) is 16.5. The third-order valence-corrected chi connectivity index (χ3v) is 4.15. The highest BCUT2D eigenvalue weighted by Gasteiger charge is 2.08. The van der Waals surface area contributed by atoms with Crippen LogP contribution in [0.2, 0.25) is 0 Å². The average molecular weight is 353 g/mol. The second kappa shape index (κ2) is 8.38. The van der Waals surface area contributed by atoms with Crippen molar-refractivity contribution in [2.45, 2.75) is 19.9 Å². The number of amides is 1. The molecule has 1 amide bonds. The minimum atomic E-state index is -0.150. The van der Waals surface area contributed by atoms with Gasteiger partial charge in [-0.25, -0.2) is 4.98 Å². The molecule has 0 unspecified atom stereocenters. The van der Waals surface area contributed by atoms with Crippen molar-refractivity contribution in [3.05, 3.63) is 54.4 Å². The van der Waals surface area contributed by atoms with Gasteiger partial charge in [-0.1, -0.05) is 24.3 Å². The molecule has 0 bridgehead atoms. The van der Waals surface area contributed by atoms with E-state index in [9.17, 15) is 4.79 Å². The van der Waals surface area contributed by atoms with Gasteiger partial charge in [0.05, 0.1) is 18.1 Å². The largest absolute Gasteiger partial charge is 0.493 e. The molecule has 1 heterocycles. The van der Waals surface area contributed by atoms with E-state index in [-0.39, 0.29) is 12.5 Å². The fourth-order valence-electron chi connectivity index (χ4n) is 2.88. The lowest BCUT2D eigenvalue weighted by Crippen LogP contribution is -2.30. The molecule has 0 aliphatic heterocycles. The number of aryl methyl sites for hydroxylation is 2. The van der Waals surface area contributed by atoms with Crippen LogP contribution in [0, 0.1) is 6.92 Å². The molecule has 6 heteroatoms. The number of nitrogens with one attached hydrogen (secondary N) is 1. The third kappa shape index (κ3) is 4.14. The van der Waals surface area contributed by atoms with E-state index in [4.69, 9.17) is 9.47 Å². The van der Waals surface area contributed by atoms with Crippen molar-refractivity contribution < 1.29 is 14.3 Å². The van der Waals surface area contributed by atoms with E-state index >= 15 is 0 Å². The van der Waals surface area contributed by atoms with E-state index in [2.05, 4.69) is 20.9 Å². The Labute approximate surface area is 152 Å². The number of carbonyl (C=O) groups excluding carboxylic acids is 1. The highest BCUT2D eigenvalue weighted by atomic mass is 16.5. The molecule has 0 fully saturated rings. The molecule has 0 aliphatic rings. The van der Waals surface area contributed by atoms with Crippen molar-refractivity contribution in [2.75, 3.05) is 20.3 Å². The van der Waals surface area contributed by atoms with Crippen LogP contribution in [0.15, 0.2) is 48.5 Å². The minimum absolute atomic E-state index is 0.0343. The van der Waals surface area contributed by atoms with Gasteiger partial charge < -0.3 is 19.4 Å². The summed E-state index contributed by atoms with van der Waals surface area (Å²) < 4.78 is 12.9. The monoisotopic (exact) mass is 353 g/mol. The summed E-state index contributed by atoms with van der Waals surface area (Å²) in [5.41, 5.74) is 2.12. The van der Waals surface area contributed by atoms with Gasteiger partial charge in [0.1, 0.15) is 5.82 Å². The molecule has 136 valence electrons. The molecule has 0 saturated heterocycles. The Morgan fingerprint density at radius 2 is 1.85 bits per heavy atom. The van der Waals surface area contributed by atoms with Crippen LogP contribution in [-0.2, 0) is 11.3 Å². The van der Waals surface area contributed by atoms with Crippen molar-refractivity contribution in [1.29, 1.82) is 0 Å². The lowest BCUT2D eigenvalue weighted by Gasteiger charge is -2.11. The van der Waals surface area contributed by atoms with Gasteiger partial charge in [0.25, 0.3) is 5.91 Å². The molecule has 0 atom stereocenters. The van der Waals surface area contributed by atoms with Crippen LogP contribution in [0.5, 0.6) is 11.5 Å². The van der Waals surface area contributed by atoms with Gasteiger partial charge in [-0.15, -0.1) is 0 Å². The lowest BCUT2D eigenvalue weighted by molar-refractivity contribution is -0.123. The molecule has 2 aromatic carbocycles. The van der Waals surface area contributed by atoms with E-state index in [1.807, 2.05) is 37.3 Å². The zero-order valence-corrected chi connectivity index (χ0v) is 15.1. The van der Waals surface area contributed by atoms with Gasteiger partial charge in [0.2, 0.25) is 0 Å². The Balaban J connectivity index is 1.44. The molecule has 1 aromatic heterocycles. The number of methoxy groups -OCH3 is 1. The van der Waals surface area contributed by atoms with Crippen LogP contribution in [0.4, 0.5) is 0 Å². The van der Waals surface area contributed by atoms with E-state index in [0.29, 0.717) is 18.0 Å². The summed E-state index contributed by atoms with van der Waals surface area (Å²) in [5.74, 6) is 2.01. The van der Waals surface area contributed by atoms with Crippen molar-refractivity contribution in [2.24, 2.45) is 0 Å². The zero-order chi connectivity index (χ0) is 18.4. The van der Waals surface area contributed by atoms with E-state index < -0.39 is 0 Å². The smallest absolute Gasteiger partial charge is 0.257 e. The number of aromatic nitrogens is 2. The second-order valence-electron chi connectivity index (χ2n) is 5.94. The summed E-state index contributed by atoms with van der Waals surface area (Å²) in [6.07, 6.45) is 0.821. The Morgan fingerprint density at radius 1 is 1.12 bits per heavy atom. The SMILES string of the molecule is COc1ccccc1OCC(=O)NCCCn1c(C)nc2ccccc21. The molecule has 6 nitrogen and oxygen atoms in total. The van der Waals surface area contributed by atoms with Crippen LogP contribution in [0.1, 0.15) is 12.2 Å². The third-order valence-electron chi connectivity index (χ3n) is 4.15. The summed E-state index contributed by atoms with van der Waals surface area (Å²) in [6.45, 7) is 3.35. The molecular formula is C20H23N3O3. The number of fused-ring (bicyclic) bond motifs is 1. The van der Waals surface area contributed by atoms with Crippen LogP contribution in [-0.4, -0.2) is 35.7 Å². The summed E-state index contributed by atoms with van der Waals surface area (Å²) in [6, 6.07) is 15.3. The maximum absolute atomic E-state index is 12.0. The average Bonchev–Trinajstić information content (AvgIpc) is 2.99. The van der Waals surface area contributed by atoms with Gasteiger partial charge in [-0.3, -0.25) is 4.79 Å². The Kier molecular flexibility index (Phi) is 5.73. The predicted octanol–water partition coefficient (Wildman–Crippen LogP) is 2.94. The molecular weight excluding hydrogens is 330 g/mol. The van der Waals surface area contributed by atoms with Crippen molar-refractivity contribution in [3.63, 3.8) is 0 Å². The summed E-state index contributed by atoms with van der Waals surface area (Å²) in [7, 11) is 1.57. The van der Waals surface area contributed by atoms with Gasteiger partial charge in [-0.05, 0) is 37.6 Å². The molecule has 1 N–H and O–H groups in total. The molecule has 0 saturated carbocycles. The Bertz CT molecular complexity index is 889. The standard InChI is InChI=1S/C20H23N3O3/c1-15-22-16-8-3-4-9-17(16)23(15)13-7-12-21-20(24)14-26-19-11-6-5-10-18(19)25-2/h3-6,8-11H,7,12-14H2,1-2H3,(H,21,24). The first-order chi connectivity index (χ1) is 12.7. The quantitative estimate of drug-likeness (QED) is 0.633. The number of ether oxygens (including phenoxy) is 2. The van der Waals surface area contributed by atoms with E-state index in [1.54, 1.807) is 19.2 Å². The highest BCUT2D eigenvalue weighted by molar-refractivity contribution is 5.77. The number of carbonyl (C=O) groups is 1. The van der Waals surface area contributed by atoms with Crippen LogP contribution >= 0.6 is 0 Å². The van der Waals surface area contributed by atoms with Gasteiger partial charge in [0.15, 0.2) is 18.1 Å². The number of hydrogen-bond acceptors (Lipinski definition) is 4.